The zero-order chi connectivity index (χ0) is 29.8. The van der Waals surface area contributed by atoms with Gasteiger partial charge in [0.05, 0.1) is 26.4 Å². The molecule has 0 spiro atoms. The molecule has 4 rings (SSSR count). The minimum Gasteiger partial charge on any atom is -0.490 e. The SMILES string of the molecule is CCOc1ccc(CCCNC(=O)CN2CCCC(C)(C)COc3ccccc3Oc3ncccc3C2)cc1OCC. The molecule has 0 atom stereocenters. The van der Waals surface area contributed by atoms with Crippen LogP contribution in [0.25, 0.3) is 0 Å². The van der Waals surface area contributed by atoms with Crippen LogP contribution in [0.3, 0.4) is 0 Å². The van der Waals surface area contributed by atoms with Crippen LogP contribution in [0.2, 0.25) is 0 Å². The number of para-hydroxylation sites is 2. The molecule has 1 aliphatic rings. The van der Waals surface area contributed by atoms with E-state index < -0.39 is 0 Å². The molecule has 1 aliphatic heterocycles. The van der Waals surface area contributed by atoms with Crippen LogP contribution in [0.4, 0.5) is 0 Å². The van der Waals surface area contributed by atoms with Crippen LogP contribution < -0.4 is 24.3 Å². The van der Waals surface area contributed by atoms with Gasteiger partial charge in [-0.15, -0.1) is 0 Å². The van der Waals surface area contributed by atoms with Crippen LogP contribution in [0, 0.1) is 5.41 Å². The van der Waals surface area contributed by atoms with Gasteiger partial charge < -0.3 is 24.3 Å². The molecule has 2 aromatic carbocycles. The molecule has 1 N–H and O–H groups in total. The van der Waals surface area contributed by atoms with Crippen molar-refractivity contribution in [3.63, 3.8) is 0 Å². The first-order chi connectivity index (χ1) is 20.4. The second kappa shape index (κ2) is 15.4. The number of nitrogens with zero attached hydrogens (tertiary/aromatic N) is 2. The topological polar surface area (TPSA) is 82.2 Å². The molecule has 0 radical (unpaired) electrons. The molecule has 3 aromatic rings. The summed E-state index contributed by atoms with van der Waals surface area (Å²) in [5, 5.41) is 3.12. The number of amides is 1. The molecule has 42 heavy (non-hydrogen) atoms. The van der Waals surface area contributed by atoms with Gasteiger partial charge in [-0.1, -0.05) is 38.1 Å². The van der Waals surface area contributed by atoms with E-state index in [9.17, 15) is 4.79 Å². The molecule has 0 unspecified atom stereocenters. The summed E-state index contributed by atoms with van der Waals surface area (Å²) in [6.45, 7) is 12.4. The van der Waals surface area contributed by atoms with Gasteiger partial charge in [-0.2, -0.15) is 0 Å². The Balaban J connectivity index is 1.37. The van der Waals surface area contributed by atoms with Crippen LogP contribution in [0.1, 0.15) is 58.1 Å². The third-order valence-electron chi connectivity index (χ3n) is 7.19. The number of nitrogens with one attached hydrogen (secondary N) is 1. The maximum atomic E-state index is 13.1. The molecule has 0 saturated heterocycles. The quantitative estimate of drug-likeness (QED) is 0.279. The fraction of sp³-hybridized carbons (Fsp3) is 0.471. The lowest BCUT2D eigenvalue weighted by molar-refractivity contribution is -0.122. The summed E-state index contributed by atoms with van der Waals surface area (Å²) in [6.07, 6.45) is 5.31. The van der Waals surface area contributed by atoms with E-state index in [1.807, 2.05) is 62.4 Å². The van der Waals surface area contributed by atoms with Crippen LogP contribution in [0.5, 0.6) is 28.9 Å². The number of rotatable bonds is 10. The van der Waals surface area contributed by atoms with Crippen molar-refractivity contribution in [1.29, 1.82) is 0 Å². The van der Waals surface area contributed by atoms with Crippen molar-refractivity contribution in [3.8, 4) is 28.9 Å². The number of hydrogen-bond donors (Lipinski definition) is 1. The lowest BCUT2D eigenvalue weighted by Gasteiger charge is -2.27. The number of benzene rings is 2. The summed E-state index contributed by atoms with van der Waals surface area (Å²) in [5.41, 5.74) is 2.06. The summed E-state index contributed by atoms with van der Waals surface area (Å²) >= 11 is 0. The second-order valence-electron chi connectivity index (χ2n) is 11.4. The first-order valence-corrected chi connectivity index (χ1v) is 15.1. The average Bonchev–Trinajstić information content (AvgIpc) is 2.97. The highest BCUT2D eigenvalue weighted by Crippen LogP contribution is 2.35. The molecule has 226 valence electrons. The van der Waals surface area contributed by atoms with Gasteiger partial charge in [0.25, 0.3) is 0 Å². The lowest BCUT2D eigenvalue weighted by atomic mass is 9.88. The van der Waals surface area contributed by atoms with Gasteiger partial charge >= 0.3 is 0 Å². The zero-order valence-electron chi connectivity index (χ0n) is 25.5. The summed E-state index contributed by atoms with van der Waals surface area (Å²) in [7, 11) is 0. The molecule has 1 amide bonds. The van der Waals surface area contributed by atoms with Gasteiger partial charge in [0, 0.05) is 24.8 Å². The van der Waals surface area contributed by atoms with Crippen LogP contribution in [-0.4, -0.2) is 55.2 Å². The highest BCUT2D eigenvalue weighted by atomic mass is 16.5. The summed E-state index contributed by atoms with van der Waals surface area (Å²) in [4.78, 5) is 19.7. The Morgan fingerprint density at radius 1 is 1.02 bits per heavy atom. The van der Waals surface area contributed by atoms with Crippen LogP contribution in [-0.2, 0) is 17.8 Å². The molecular weight excluding hydrogens is 530 g/mol. The third kappa shape index (κ3) is 9.38. The Kier molecular flexibility index (Phi) is 11.5. The van der Waals surface area contributed by atoms with E-state index in [1.54, 1.807) is 6.20 Å². The number of aryl methyl sites for hydroxylation is 1. The molecule has 0 aliphatic carbocycles. The highest BCUT2D eigenvalue weighted by molar-refractivity contribution is 5.78. The van der Waals surface area contributed by atoms with Crippen LogP contribution in [0.15, 0.2) is 60.8 Å². The number of ether oxygens (including phenoxy) is 4. The number of carbonyl (C=O) groups excluding carboxylic acids is 1. The number of carbonyl (C=O) groups is 1. The van der Waals surface area contributed by atoms with Gasteiger partial charge in [0.1, 0.15) is 0 Å². The first kappa shape index (κ1) is 31.2. The standard InChI is InChI=1S/C34H45N3O5/c1-5-39-29-17-16-26(22-31(29)40-6-2)12-9-19-35-32(38)24-37-21-11-18-34(3,4)25-41-28-14-7-8-15-30(28)42-33-27(23-37)13-10-20-36-33/h7-8,10,13-17,20,22H,5-6,9,11-12,18-19,21,23-25H2,1-4H3,(H,35,38). The van der Waals surface area contributed by atoms with E-state index >= 15 is 0 Å². The maximum Gasteiger partial charge on any atom is 0.234 e. The van der Waals surface area contributed by atoms with E-state index in [-0.39, 0.29) is 11.3 Å². The third-order valence-corrected chi connectivity index (χ3v) is 7.19. The maximum absolute atomic E-state index is 13.1. The lowest BCUT2D eigenvalue weighted by Crippen LogP contribution is -2.38. The smallest absolute Gasteiger partial charge is 0.234 e. The van der Waals surface area contributed by atoms with Crippen molar-refractivity contribution in [2.45, 2.75) is 59.9 Å². The monoisotopic (exact) mass is 575 g/mol. The molecule has 1 aromatic heterocycles. The van der Waals surface area contributed by atoms with Crippen molar-refractivity contribution in [3.05, 3.63) is 71.9 Å². The summed E-state index contributed by atoms with van der Waals surface area (Å²) < 4.78 is 23.9. The predicted octanol–water partition coefficient (Wildman–Crippen LogP) is 6.42. The largest absolute Gasteiger partial charge is 0.490 e. The fourth-order valence-corrected chi connectivity index (χ4v) is 5.01. The van der Waals surface area contributed by atoms with Gasteiger partial charge in [0.2, 0.25) is 11.8 Å². The second-order valence-corrected chi connectivity index (χ2v) is 11.4. The normalized spacial score (nSPS) is 15.3. The Labute approximate surface area is 250 Å². The molecular formula is C34H45N3O5. The van der Waals surface area contributed by atoms with Crippen molar-refractivity contribution >= 4 is 5.91 Å². The van der Waals surface area contributed by atoms with Gasteiger partial charge in [-0.3, -0.25) is 9.69 Å². The summed E-state index contributed by atoms with van der Waals surface area (Å²) in [5.74, 6) is 3.42. The predicted molar refractivity (Wildman–Crippen MR) is 165 cm³/mol. The van der Waals surface area contributed by atoms with Crippen molar-refractivity contribution < 1.29 is 23.7 Å². The number of aromatic nitrogens is 1. The Bertz CT molecular complexity index is 1300. The van der Waals surface area contributed by atoms with E-state index in [0.29, 0.717) is 56.8 Å². The molecule has 0 saturated carbocycles. The van der Waals surface area contributed by atoms with E-state index in [1.165, 1.54) is 0 Å². The van der Waals surface area contributed by atoms with E-state index in [2.05, 4.69) is 35.1 Å². The molecule has 2 heterocycles. The molecule has 8 nitrogen and oxygen atoms in total. The number of pyridine rings is 1. The number of hydrogen-bond acceptors (Lipinski definition) is 7. The molecule has 0 bridgehead atoms. The van der Waals surface area contributed by atoms with E-state index in [0.717, 1.165) is 54.9 Å². The van der Waals surface area contributed by atoms with E-state index in [4.69, 9.17) is 18.9 Å². The fourth-order valence-electron chi connectivity index (χ4n) is 5.01. The molecule has 8 heteroatoms. The highest BCUT2D eigenvalue weighted by Gasteiger charge is 2.23. The Hall–Kier alpha value is -3.78. The minimum atomic E-state index is -0.0247. The van der Waals surface area contributed by atoms with Gasteiger partial charge in [-0.05, 0) is 87.4 Å². The van der Waals surface area contributed by atoms with Gasteiger partial charge in [0.15, 0.2) is 23.0 Å². The summed E-state index contributed by atoms with van der Waals surface area (Å²) in [6, 6.07) is 17.7. The number of fused-ring (bicyclic) bond motifs is 2. The average molecular weight is 576 g/mol. The first-order valence-electron chi connectivity index (χ1n) is 15.1. The Morgan fingerprint density at radius 2 is 1.81 bits per heavy atom. The van der Waals surface area contributed by atoms with Crippen molar-refractivity contribution in [2.75, 3.05) is 39.5 Å². The van der Waals surface area contributed by atoms with Crippen LogP contribution >= 0.6 is 0 Å². The minimum absolute atomic E-state index is 0.0142. The zero-order valence-corrected chi connectivity index (χ0v) is 25.5. The van der Waals surface area contributed by atoms with Crippen molar-refractivity contribution in [2.24, 2.45) is 5.41 Å². The van der Waals surface area contributed by atoms with Gasteiger partial charge in [-0.25, -0.2) is 4.98 Å². The van der Waals surface area contributed by atoms with Crippen molar-refractivity contribution in [1.82, 2.24) is 15.2 Å². The molecule has 0 fully saturated rings. The Morgan fingerprint density at radius 3 is 2.62 bits per heavy atom.